The highest BCUT2D eigenvalue weighted by atomic mass is 32.2. The van der Waals surface area contributed by atoms with E-state index in [1.165, 1.54) is 0 Å². The second-order valence-electron chi connectivity index (χ2n) is 5.78. The number of fused-ring (bicyclic) bond motifs is 1. The molecule has 1 aromatic rings. The summed E-state index contributed by atoms with van der Waals surface area (Å²) in [6.07, 6.45) is 1.70. The Hall–Kier alpha value is -0.920. The average Bonchev–Trinajstić information content (AvgIpc) is 2.93. The second-order valence-corrected chi connectivity index (χ2v) is 7.94. The highest BCUT2D eigenvalue weighted by Gasteiger charge is 2.46. The van der Waals surface area contributed by atoms with Crippen molar-refractivity contribution in [1.29, 1.82) is 0 Å². The van der Waals surface area contributed by atoms with E-state index in [0.29, 0.717) is 5.75 Å². The molecule has 2 aliphatic rings. The maximum atomic E-state index is 12.0. The fourth-order valence-electron chi connectivity index (χ4n) is 3.42. The molecule has 0 aliphatic carbocycles. The van der Waals surface area contributed by atoms with E-state index in [0.717, 1.165) is 37.6 Å². The quantitative estimate of drug-likeness (QED) is 0.852. The molecule has 0 saturated carbocycles. The van der Waals surface area contributed by atoms with Crippen LogP contribution in [0.5, 0.6) is 0 Å². The molecular formula is C13H22N4O2S. The molecule has 1 aromatic heterocycles. The largest absolute Gasteiger partial charge is 0.348 e. The van der Waals surface area contributed by atoms with Gasteiger partial charge in [0.25, 0.3) is 0 Å². The molecule has 0 amide bonds. The van der Waals surface area contributed by atoms with E-state index >= 15 is 0 Å². The van der Waals surface area contributed by atoms with Gasteiger partial charge < -0.3 is 4.98 Å². The van der Waals surface area contributed by atoms with Gasteiger partial charge in [0.05, 0.1) is 23.5 Å². The number of nitrogens with one attached hydrogen (secondary N) is 1. The molecule has 2 saturated heterocycles. The lowest BCUT2D eigenvalue weighted by Gasteiger charge is -2.43. The summed E-state index contributed by atoms with van der Waals surface area (Å²) < 4.78 is 24.0. The van der Waals surface area contributed by atoms with Gasteiger partial charge in [0.2, 0.25) is 0 Å². The summed E-state index contributed by atoms with van der Waals surface area (Å²) in [4.78, 5) is 12.0. The zero-order valence-electron chi connectivity index (χ0n) is 12.0. The van der Waals surface area contributed by atoms with E-state index in [2.05, 4.69) is 26.7 Å². The molecule has 0 unspecified atom stereocenters. The second kappa shape index (κ2) is 5.13. The number of nitrogens with zero attached hydrogens (tertiary/aromatic N) is 3. The van der Waals surface area contributed by atoms with Crippen molar-refractivity contribution in [3.63, 3.8) is 0 Å². The molecule has 112 valence electrons. The van der Waals surface area contributed by atoms with Crippen LogP contribution in [0.2, 0.25) is 0 Å². The summed E-state index contributed by atoms with van der Waals surface area (Å²) in [5.41, 5.74) is 2.10. The molecule has 7 heteroatoms. The van der Waals surface area contributed by atoms with E-state index in [1.54, 1.807) is 6.33 Å². The van der Waals surface area contributed by atoms with Crippen LogP contribution in [0.4, 0.5) is 0 Å². The molecule has 0 spiro atoms. The normalized spacial score (nSPS) is 30.5. The zero-order chi connectivity index (χ0) is 14.3. The average molecular weight is 298 g/mol. The minimum Gasteiger partial charge on any atom is -0.348 e. The minimum atomic E-state index is -2.91. The lowest BCUT2D eigenvalue weighted by atomic mass is 10.0. The van der Waals surface area contributed by atoms with Crippen molar-refractivity contribution in [3.8, 4) is 0 Å². The Morgan fingerprint density at radius 1 is 1.30 bits per heavy atom. The third-order valence-electron chi connectivity index (χ3n) is 4.60. The number of aromatic amines is 1. The van der Waals surface area contributed by atoms with Crippen molar-refractivity contribution in [2.75, 3.05) is 31.1 Å². The summed E-state index contributed by atoms with van der Waals surface area (Å²) in [6.45, 7) is 7.63. The molecule has 1 N–H and O–H groups in total. The maximum Gasteiger partial charge on any atom is 0.153 e. The van der Waals surface area contributed by atoms with Crippen LogP contribution in [-0.4, -0.2) is 71.4 Å². The summed E-state index contributed by atoms with van der Waals surface area (Å²) in [5, 5.41) is 0. The fraction of sp³-hybridized carbons (Fsp3) is 0.769. The lowest BCUT2D eigenvalue weighted by Crippen LogP contribution is -2.58. The number of hydrogen-bond acceptors (Lipinski definition) is 5. The predicted octanol–water partition coefficient (Wildman–Crippen LogP) is 0.0212. The van der Waals surface area contributed by atoms with Crippen molar-refractivity contribution in [2.24, 2.45) is 0 Å². The van der Waals surface area contributed by atoms with Crippen LogP contribution in [0.25, 0.3) is 0 Å². The van der Waals surface area contributed by atoms with E-state index in [9.17, 15) is 8.42 Å². The molecule has 3 heterocycles. The van der Waals surface area contributed by atoms with Gasteiger partial charge in [-0.1, -0.05) is 6.92 Å². The number of sulfone groups is 1. The smallest absolute Gasteiger partial charge is 0.153 e. The molecule has 0 aromatic carbocycles. The number of rotatable bonds is 3. The third kappa shape index (κ3) is 2.49. The number of hydrogen-bond donors (Lipinski definition) is 1. The first-order valence-corrected chi connectivity index (χ1v) is 8.99. The molecular weight excluding hydrogens is 276 g/mol. The SMILES string of the molecule is CCN1CCN(Cc2nc[nH]c2C)[C@@H]2CS(=O)(=O)C[C@@H]21. The van der Waals surface area contributed by atoms with Crippen molar-refractivity contribution >= 4 is 9.84 Å². The topological polar surface area (TPSA) is 69.3 Å². The van der Waals surface area contributed by atoms with Gasteiger partial charge >= 0.3 is 0 Å². The van der Waals surface area contributed by atoms with Crippen LogP contribution in [0.3, 0.4) is 0 Å². The molecule has 3 rings (SSSR count). The number of likely N-dealkylation sites (N-methyl/N-ethyl adjacent to an activating group) is 1. The molecule has 2 fully saturated rings. The highest BCUT2D eigenvalue weighted by Crippen LogP contribution is 2.27. The van der Waals surface area contributed by atoms with Gasteiger partial charge in [0.1, 0.15) is 0 Å². The van der Waals surface area contributed by atoms with Gasteiger partial charge in [-0.25, -0.2) is 13.4 Å². The summed E-state index contributed by atoms with van der Waals surface area (Å²) in [7, 11) is -2.91. The van der Waals surface area contributed by atoms with Gasteiger partial charge in [-0.3, -0.25) is 9.80 Å². The Morgan fingerprint density at radius 3 is 2.55 bits per heavy atom. The number of piperazine rings is 1. The van der Waals surface area contributed by atoms with Gasteiger partial charge in [-0.2, -0.15) is 0 Å². The van der Waals surface area contributed by atoms with Crippen LogP contribution in [0.15, 0.2) is 6.33 Å². The number of imidazole rings is 1. The van der Waals surface area contributed by atoms with E-state index in [-0.39, 0.29) is 17.8 Å². The first kappa shape index (κ1) is 14.0. The summed E-state index contributed by atoms with van der Waals surface area (Å²) in [5.74, 6) is 0.596. The standard InChI is InChI=1S/C13H22N4O2S/c1-3-16-4-5-17(6-11-10(2)14-9-15-11)13-8-20(18,19)7-12(13)16/h9,12-13H,3-8H2,1-2H3,(H,14,15)/t12-,13+/m0/s1. The monoisotopic (exact) mass is 298 g/mol. The van der Waals surface area contributed by atoms with Gasteiger partial charge in [0.15, 0.2) is 9.84 Å². The Labute approximate surface area is 120 Å². The van der Waals surface area contributed by atoms with Gasteiger partial charge in [-0.15, -0.1) is 0 Å². The predicted molar refractivity (Wildman–Crippen MR) is 77.2 cm³/mol. The molecule has 20 heavy (non-hydrogen) atoms. The minimum absolute atomic E-state index is 0.116. The lowest BCUT2D eigenvalue weighted by molar-refractivity contribution is 0.0431. The first-order valence-electron chi connectivity index (χ1n) is 7.17. The van der Waals surface area contributed by atoms with Gasteiger partial charge in [-0.05, 0) is 13.5 Å². The van der Waals surface area contributed by atoms with Crippen LogP contribution < -0.4 is 0 Å². The molecule has 2 atom stereocenters. The van der Waals surface area contributed by atoms with Gasteiger partial charge in [0, 0.05) is 37.4 Å². The van der Waals surface area contributed by atoms with Crippen LogP contribution in [-0.2, 0) is 16.4 Å². The van der Waals surface area contributed by atoms with E-state index < -0.39 is 9.84 Å². The molecule has 0 bridgehead atoms. The number of aryl methyl sites for hydroxylation is 1. The zero-order valence-corrected chi connectivity index (χ0v) is 12.9. The Kier molecular flexibility index (Phi) is 3.60. The van der Waals surface area contributed by atoms with Crippen molar-refractivity contribution < 1.29 is 8.42 Å². The number of aromatic nitrogens is 2. The first-order chi connectivity index (χ1) is 9.50. The van der Waals surface area contributed by atoms with E-state index in [4.69, 9.17) is 0 Å². The van der Waals surface area contributed by atoms with Crippen LogP contribution >= 0.6 is 0 Å². The van der Waals surface area contributed by atoms with Crippen molar-refractivity contribution in [3.05, 3.63) is 17.7 Å². The van der Waals surface area contributed by atoms with Crippen molar-refractivity contribution in [1.82, 2.24) is 19.8 Å². The van der Waals surface area contributed by atoms with Crippen LogP contribution in [0.1, 0.15) is 18.3 Å². The van der Waals surface area contributed by atoms with E-state index in [1.807, 2.05) is 6.92 Å². The summed E-state index contributed by atoms with van der Waals surface area (Å²) >= 11 is 0. The highest BCUT2D eigenvalue weighted by molar-refractivity contribution is 7.91. The Morgan fingerprint density at radius 2 is 1.95 bits per heavy atom. The van der Waals surface area contributed by atoms with Crippen LogP contribution in [0, 0.1) is 6.92 Å². The maximum absolute atomic E-state index is 12.0. The summed E-state index contributed by atoms with van der Waals surface area (Å²) in [6, 6.07) is 0.266. The Bertz CT molecular complexity index is 583. The third-order valence-corrected chi connectivity index (χ3v) is 6.30. The molecule has 2 aliphatic heterocycles. The molecule has 0 radical (unpaired) electrons. The Balaban J connectivity index is 1.81. The molecule has 6 nitrogen and oxygen atoms in total. The fourth-order valence-corrected chi connectivity index (χ4v) is 5.47. The number of H-pyrrole nitrogens is 1. The van der Waals surface area contributed by atoms with Crippen molar-refractivity contribution in [2.45, 2.75) is 32.5 Å².